The van der Waals surface area contributed by atoms with Crippen LogP contribution in [-0.4, -0.2) is 35.3 Å². The van der Waals surface area contributed by atoms with Crippen molar-refractivity contribution in [2.24, 2.45) is 17.3 Å². The number of hydrogen-bond donors (Lipinski definition) is 1. The van der Waals surface area contributed by atoms with Gasteiger partial charge in [0.2, 0.25) is 0 Å². The van der Waals surface area contributed by atoms with Gasteiger partial charge in [-0.2, -0.15) is 0 Å². The smallest absolute Gasteiger partial charge is 0.410 e. The van der Waals surface area contributed by atoms with Gasteiger partial charge >= 0.3 is 6.09 Å². The zero-order valence-electron chi connectivity index (χ0n) is 13.5. The number of benzene rings is 1. The van der Waals surface area contributed by atoms with E-state index in [0.717, 1.165) is 12.1 Å². The Kier molecular flexibility index (Phi) is 3.80. The lowest BCUT2D eigenvalue weighted by Crippen LogP contribution is -2.44. The lowest BCUT2D eigenvalue weighted by atomic mass is 9.81. The average molecular weight is 315 g/mol. The summed E-state index contributed by atoms with van der Waals surface area (Å²) in [5.74, 6) is 1.08. The molecule has 1 heterocycles. The molecule has 1 aromatic rings. The summed E-state index contributed by atoms with van der Waals surface area (Å²) < 4.78 is 5.46. The number of likely N-dealkylation sites (tertiary alicyclic amines) is 1. The van der Waals surface area contributed by atoms with Gasteiger partial charge in [-0.1, -0.05) is 49.6 Å². The van der Waals surface area contributed by atoms with Crippen LogP contribution < -0.4 is 0 Å². The van der Waals surface area contributed by atoms with Gasteiger partial charge in [0.15, 0.2) is 0 Å². The van der Waals surface area contributed by atoms with Gasteiger partial charge in [-0.05, 0) is 35.7 Å². The number of amides is 1. The third kappa shape index (κ3) is 2.44. The number of aliphatic hydroxyl groups is 1. The Morgan fingerprint density at radius 1 is 1.22 bits per heavy atom. The lowest BCUT2D eigenvalue weighted by molar-refractivity contribution is 0.0559. The first-order chi connectivity index (χ1) is 11.3. The van der Waals surface area contributed by atoms with Crippen LogP contribution in [0.15, 0.2) is 30.3 Å². The van der Waals surface area contributed by atoms with Crippen LogP contribution in [0, 0.1) is 17.3 Å². The van der Waals surface area contributed by atoms with Crippen LogP contribution in [0.4, 0.5) is 4.79 Å². The van der Waals surface area contributed by atoms with Crippen LogP contribution in [-0.2, 0) is 11.3 Å². The summed E-state index contributed by atoms with van der Waals surface area (Å²) in [4.78, 5) is 14.2. The maximum absolute atomic E-state index is 12.4. The molecule has 3 fully saturated rings. The molecule has 4 rings (SSSR count). The Labute approximate surface area is 137 Å². The van der Waals surface area contributed by atoms with E-state index in [1.165, 1.54) is 32.1 Å². The van der Waals surface area contributed by atoms with Crippen LogP contribution in [0.1, 0.15) is 37.7 Å². The predicted octanol–water partition coefficient (Wildman–Crippen LogP) is 3.20. The first-order valence-electron chi connectivity index (χ1n) is 8.84. The molecule has 0 radical (unpaired) electrons. The largest absolute Gasteiger partial charge is 0.445 e. The van der Waals surface area contributed by atoms with Crippen molar-refractivity contribution in [1.82, 2.24) is 4.90 Å². The highest BCUT2D eigenvalue weighted by atomic mass is 16.6. The summed E-state index contributed by atoms with van der Waals surface area (Å²) in [6.45, 7) is 1.13. The molecule has 2 aliphatic carbocycles. The maximum atomic E-state index is 12.4. The zero-order chi connectivity index (χ0) is 15.9. The summed E-state index contributed by atoms with van der Waals surface area (Å²) in [5, 5.41) is 9.83. The fourth-order valence-corrected chi connectivity index (χ4v) is 5.24. The van der Waals surface area contributed by atoms with E-state index >= 15 is 0 Å². The molecule has 1 spiro atoms. The van der Waals surface area contributed by atoms with Crippen molar-refractivity contribution in [3.05, 3.63) is 35.9 Å². The molecule has 1 aromatic carbocycles. The van der Waals surface area contributed by atoms with Crippen molar-refractivity contribution in [2.75, 3.05) is 13.2 Å². The molecule has 124 valence electrons. The Morgan fingerprint density at radius 3 is 2.65 bits per heavy atom. The lowest BCUT2D eigenvalue weighted by Gasteiger charge is -2.33. The van der Waals surface area contributed by atoms with Gasteiger partial charge in [0, 0.05) is 6.54 Å². The normalized spacial score (nSPS) is 31.0. The third-order valence-corrected chi connectivity index (χ3v) is 6.35. The Hall–Kier alpha value is -1.55. The van der Waals surface area contributed by atoms with E-state index in [2.05, 4.69) is 0 Å². The van der Waals surface area contributed by atoms with Gasteiger partial charge in [-0.3, -0.25) is 0 Å². The SMILES string of the molecule is O=C(OCc1ccccc1)N1C[C@H]2[C@@H]([C@H]1CO)C21CCCCC1. The van der Waals surface area contributed by atoms with Gasteiger partial charge in [-0.25, -0.2) is 4.79 Å². The minimum Gasteiger partial charge on any atom is -0.445 e. The molecule has 2 saturated carbocycles. The van der Waals surface area contributed by atoms with Crippen molar-refractivity contribution >= 4 is 6.09 Å². The molecule has 1 amide bonds. The molecule has 0 bridgehead atoms. The second-order valence-electron chi connectivity index (χ2n) is 7.37. The highest BCUT2D eigenvalue weighted by Crippen LogP contribution is 2.71. The van der Waals surface area contributed by atoms with Crippen LogP contribution in [0.5, 0.6) is 0 Å². The molecule has 1 N–H and O–H groups in total. The molecular formula is C19H25NO3. The molecule has 4 nitrogen and oxygen atoms in total. The highest BCUT2D eigenvalue weighted by molar-refractivity contribution is 5.69. The summed E-state index contributed by atoms with van der Waals surface area (Å²) in [6.07, 6.45) is 6.25. The summed E-state index contributed by atoms with van der Waals surface area (Å²) >= 11 is 0. The average Bonchev–Trinajstić information content (AvgIpc) is 3.00. The molecular weight excluding hydrogens is 290 g/mol. The van der Waals surface area contributed by atoms with Crippen molar-refractivity contribution < 1.29 is 14.6 Å². The fourth-order valence-electron chi connectivity index (χ4n) is 5.24. The first-order valence-corrected chi connectivity index (χ1v) is 8.84. The van der Waals surface area contributed by atoms with Crippen molar-refractivity contribution in [3.63, 3.8) is 0 Å². The molecule has 0 unspecified atom stereocenters. The minimum atomic E-state index is -0.272. The number of nitrogens with zero attached hydrogens (tertiary/aromatic N) is 1. The van der Waals surface area contributed by atoms with Crippen LogP contribution >= 0.6 is 0 Å². The monoisotopic (exact) mass is 315 g/mol. The number of ether oxygens (including phenoxy) is 1. The summed E-state index contributed by atoms with van der Waals surface area (Å²) in [7, 11) is 0. The molecule has 3 atom stereocenters. The number of carbonyl (C=O) groups excluding carboxylic acids is 1. The molecule has 4 heteroatoms. The van der Waals surface area contributed by atoms with Crippen LogP contribution in [0.2, 0.25) is 0 Å². The van der Waals surface area contributed by atoms with E-state index in [0.29, 0.717) is 23.9 Å². The number of hydrogen-bond acceptors (Lipinski definition) is 3. The van der Waals surface area contributed by atoms with E-state index in [1.807, 2.05) is 30.3 Å². The molecule has 23 heavy (non-hydrogen) atoms. The maximum Gasteiger partial charge on any atom is 0.410 e. The van der Waals surface area contributed by atoms with Crippen LogP contribution in [0.3, 0.4) is 0 Å². The van der Waals surface area contributed by atoms with Crippen molar-refractivity contribution in [2.45, 2.75) is 44.8 Å². The standard InChI is InChI=1S/C19H25NO3/c21-12-16-17-15(19(17)9-5-2-6-10-19)11-20(16)18(22)23-13-14-7-3-1-4-8-14/h1,3-4,7-8,15-17,21H,2,5-6,9-13H2/t15-,16+,17-/m0/s1. The van der Waals surface area contributed by atoms with E-state index < -0.39 is 0 Å². The Morgan fingerprint density at radius 2 is 1.96 bits per heavy atom. The van der Waals surface area contributed by atoms with Gasteiger partial charge in [0.1, 0.15) is 6.61 Å². The third-order valence-electron chi connectivity index (χ3n) is 6.35. The number of fused-ring (bicyclic) bond motifs is 3. The quantitative estimate of drug-likeness (QED) is 0.932. The second kappa shape index (κ2) is 5.82. The minimum absolute atomic E-state index is 0.0404. The molecule has 1 aliphatic heterocycles. The van der Waals surface area contributed by atoms with E-state index in [4.69, 9.17) is 4.74 Å². The van der Waals surface area contributed by atoms with Gasteiger partial charge < -0.3 is 14.7 Å². The molecule has 1 saturated heterocycles. The zero-order valence-corrected chi connectivity index (χ0v) is 13.5. The van der Waals surface area contributed by atoms with Crippen molar-refractivity contribution in [3.8, 4) is 0 Å². The topological polar surface area (TPSA) is 49.8 Å². The van der Waals surface area contributed by atoms with E-state index in [-0.39, 0.29) is 18.7 Å². The predicted molar refractivity (Wildman–Crippen MR) is 86.7 cm³/mol. The van der Waals surface area contributed by atoms with Gasteiger partial charge in [0.25, 0.3) is 0 Å². The van der Waals surface area contributed by atoms with E-state index in [9.17, 15) is 9.90 Å². The summed E-state index contributed by atoms with van der Waals surface area (Å²) in [5.41, 5.74) is 1.43. The number of piperidine rings is 1. The fraction of sp³-hybridized carbons (Fsp3) is 0.632. The number of carbonyl (C=O) groups is 1. The van der Waals surface area contributed by atoms with Gasteiger partial charge in [0.05, 0.1) is 12.6 Å². The Balaban J connectivity index is 1.38. The Bertz CT molecular complexity index is 567. The molecule has 3 aliphatic rings. The van der Waals surface area contributed by atoms with Gasteiger partial charge in [-0.15, -0.1) is 0 Å². The van der Waals surface area contributed by atoms with Crippen LogP contribution in [0.25, 0.3) is 0 Å². The highest BCUT2D eigenvalue weighted by Gasteiger charge is 2.71. The number of aliphatic hydroxyl groups excluding tert-OH is 1. The number of rotatable bonds is 3. The molecule has 0 aromatic heterocycles. The van der Waals surface area contributed by atoms with E-state index in [1.54, 1.807) is 4.90 Å². The first kappa shape index (κ1) is 15.0. The van der Waals surface area contributed by atoms with Crippen molar-refractivity contribution in [1.29, 1.82) is 0 Å². The summed E-state index contributed by atoms with van der Waals surface area (Å²) in [6, 6.07) is 9.70. The second-order valence-corrected chi connectivity index (χ2v) is 7.37.